The van der Waals surface area contributed by atoms with Gasteiger partial charge in [0.1, 0.15) is 23.2 Å². The number of hydrogen-bond donors (Lipinski definition) is 2. The van der Waals surface area contributed by atoms with Crippen molar-refractivity contribution < 1.29 is 9.53 Å². The number of fused-ring (bicyclic) bond motifs is 1. The molecule has 0 saturated carbocycles. The molecule has 3 aromatic rings. The van der Waals surface area contributed by atoms with Crippen molar-refractivity contribution in [3.63, 3.8) is 0 Å². The SMILES string of the molecule is CCOc1ccc(N(C=O)c2c(C)c(NCCC3CCCN3)c(C#N)c3ccnn23)cc1. The molecular weight excluding hydrogens is 404 g/mol. The first-order valence-electron chi connectivity index (χ1n) is 11.0. The summed E-state index contributed by atoms with van der Waals surface area (Å²) in [5.41, 5.74) is 3.41. The van der Waals surface area contributed by atoms with Gasteiger partial charge in [-0.25, -0.2) is 4.52 Å². The molecule has 4 rings (SSSR count). The Morgan fingerprint density at radius 3 is 2.84 bits per heavy atom. The van der Waals surface area contributed by atoms with E-state index in [1.807, 2.05) is 38.1 Å². The lowest BCUT2D eigenvalue weighted by Crippen LogP contribution is -2.25. The monoisotopic (exact) mass is 432 g/mol. The molecule has 0 bridgehead atoms. The number of rotatable bonds is 9. The fourth-order valence-electron chi connectivity index (χ4n) is 4.34. The highest BCUT2D eigenvalue weighted by Gasteiger charge is 2.23. The number of nitriles is 1. The van der Waals surface area contributed by atoms with Gasteiger partial charge in [0.25, 0.3) is 0 Å². The van der Waals surface area contributed by atoms with E-state index in [0.29, 0.717) is 35.2 Å². The van der Waals surface area contributed by atoms with Crippen LogP contribution in [0.15, 0.2) is 36.5 Å². The van der Waals surface area contributed by atoms with Crippen molar-refractivity contribution in [3.8, 4) is 11.8 Å². The summed E-state index contributed by atoms with van der Waals surface area (Å²) < 4.78 is 7.18. The molecule has 0 radical (unpaired) electrons. The second-order valence-corrected chi connectivity index (χ2v) is 7.85. The second-order valence-electron chi connectivity index (χ2n) is 7.85. The molecule has 2 N–H and O–H groups in total. The summed E-state index contributed by atoms with van der Waals surface area (Å²) >= 11 is 0. The van der Waals surface area contributed by atoms with Gasteiger partial charge in [0.15, 0.2) is 0 Å². The first kappa shape index (κ1) is 21.7. The molecule has 3 heterocycles. The van der Waals surface area contributed by atoms with Crippen LogP contribution in [0, 0.1) is 18.3 Å². The van der Waals surface area contributed by atoms with Crippen LogP contribution < -0.4 is 20.3 Å². The number of nitrogens with one attached hydrogen (secondary N) is 2. The zero-order valence-corrected chi connectivity index (χ0v) is 18.5. The van der Waals surface area contributed by atoms with Gasteiger partial charge in [-0.1, -0.05) is 0 Å². The molecule has 2 aromatic heterocycles. The zero-order valence-electron chi connectivity index (χ0n) is 18.5. The average molecular weight is 433 g/mol. The van der Waals surface area contributed by atoms with Gasteiger partial charge >= 0.3 is 0 Å². The molecule has 1 saturated heterocycles. The minimum Gasteiger partial charge on any atom is -0.494 e. The van der Waals surface area contributed by atoms with Gasteiger partial charge in [0.05, 0.1) is 29.7 Å². The van der Waals surface area contributed by atoms with Crippen LogP contribution in [0.25, 0.3) is 5.52 Å². The minimum atomic E-state index is 0.502. The number of carbonyl (C=O) groups excluding carboxylic acids is 1. The lowest BCUT2D eigenvalue weighted by atomic mass is 10.1. The molecule has 1 aliphatic heterocycles. The highest BCUT2D eigenvalue weighted by atomic mass is 16.5. The van der Waals surface area contributed by atoms with Crippen molar-refractivity contribution in [1.29, 1.82) is 5.26 Å². The fourth-order valence-corrected chi connectivity index (χ4v) is 4.34. The van der Waals surface area contributed by atoms with Crippen molar-refractivity contribution >= 4 is 29.1 Å². The maximum atomic E-state index is 12.2. The third kappa shape index (κ3) is 4.12. The molecular formula is C24H28N6O2. The fraction of sp³-hybridized carbons (Fsp3) is 0.375. The van der Waals surface area contributed by atoms with Crippen molar-refractivity contribution in [2.75, 3.05) is 29.9 Å². The van der Waals surface area contributed by atoms with Crippen LogP contribution in [0.3, 0.4) is 0 Å². The third-order valence-corrected chi connectivity index (χ3v) is 5.89. The van der Waals surface area contributed by atoms with Gasteiger partial charge in [-0.2, -0.15) is 10.4 Å². The molecule has 1 aliphatic rings. The van der Waals surface area contributed by atoms with Gasteiger partial charge in [0.2, 0.25) is 6.41 Å². The van der Waals surface area contributed by atoms with Crippen molar-refractivity contribution in [2.24, 2.45) is 0 Å². The van der Waals surface area contributed by atoms with E-state index in [9.17, 15) is 10.1 Å². The Labute approximate surface area is 187 Å². The Morgan fingerprint density at radius 2 is 2.19 bits per heavy atom. The Balaban J connectivity index is 1.74. The molecule has 166 valence electrons. The number of benzene rings is 1. The van der Waals surface area contributed by atoms with Gasteiger partial charge in [-0.15, -0.1) is 0 Å². The number of anilines is 3. The Hall–Kier alpha value is -3.57. The largest absolute Gasteiger partial charge is 0.494 e. The van der Waals surface area contributed by atoms with Crippen molar-refractivity contribution in [2.45, 2.75) is 39.2 Å². The van der Waals surface area contributed by atoms with E-state index in [4.69, 9.17) is 4.74 Å². The van der Waals surface area contributed by atoms with Crippen LogP contribution in [0.5, 0.6) is 5.75 Å². The summed E-state index contributed by atoms with van der Waals surface area (Å²) in [6.07, 6.45) is 5.77. The second kappa shape index (κ2) is 9.71. The van der Waals surface area contributed by atoms with Gasteiger partial charge in [-0.3, -0.25) is 9.69 Å². The van der Waals surface area contributed by atoms with E-state index >= 15 is 0 Å². The van der Waals surface area contributed by atoms with E-state index in [0.717, 1.165) is 42.9 Å². The topological polar surface area (TPSA) is 94.7 Å². The predicted molar refractivity (Wildman–Crippen MR) is 125 cm³/mol. The predicted octanol–water partition coefficient (Wildman–Crippen LogP) is 3.76. The summed E-state index contributed by atoms with van der Waals surface area (Å²) in [7, 11) is 0. The molecule has 1 aromatic carbocycles. The molecule has 0 spiro atoms. The number of aromatic nitrogens is 2. The lowest BCUT2D eigenvalue weighted by molar-refractivity contribution is -0.106. The number of ether oxygens (including phenoxy) is 1. The molecule has 32 heavy (non-hydrogen) atoms. The molecule has 1 fully saturated rings. The van der Waals surface area contributed by atoms with Gasteiger partial charge < -0.3 is 15.4 Å². The molecule has 8 nitrogen and oxygen atoms in total. The van der Waals surface area contributed by atoms with Gasteiger partial charge in [0, 0.05) is 18.2 Å². The maximum absolute atomic E-state index is 12.2. The van der Waals surface area contributed by atoms with Crippen molar-refractivity contribution in [3.05, 3.63) is 47.7 Å². The van der Waals surface area contributed by atoms with Crippen LogP contribution in [-0.2, 0) is 4.79 Å². The average Bonchev–Trinajstić information content (AvgIpc) is 3.50. The summed E-state index contributed by atoms with van der Waals surface area (Å²) in [5, 5.41) is 21.3. The normalized spacial score (nSPS) is 15.5. The van der Waals surface area contributed by atoms with Crippen LogP contribution in [-0.4, -0.2) is 41.8 Å². The highest BCUT2D eigenvalue weighted by molar-refractivity contribution is 5.91. The van der Waals surface area contributed by atoms with Gasteiger partial charge in [-0.05, 0) is 70.0 Å². The summed E-state index contributed by atoms with van der Waals surface area (Å²) in [6, 6.07) is 12.0. The van der Waals surface area contributed by atoms with Crippen LogP contribution in [0.1, 0.15) is 37.3 Å². The summed E-state index contributed by atoms with van der Waals surface area (Å²) in [4.78, 5) is 13.8. The van der Waals surface area contributed by atoms with Crippen molar-refractivity contribution in [1.82, 2.24) is 14.9 Å². The first-order chi connectivity index (χ1) is 15.7. The zero-order chi connectivity index (χ0) is 22.5. The molecule has 1 unspecified atom stereocenters. The Kier molecular flexibility index (Phi) is 6.57. The van der Waals surface area contributed by atoms with E-state index < -0.39 is 0 Å². The Bertz CT molecular complexity index is 1130. The quantitative estimate of drug-likeness (QED) is 0.500. The van der Waals surface area contributed by atoms with Crippen LogP contribution in [0.2, 0.25) is 0 Å². The number of hydrogen-bond acceptors (Lipinski definition) is 6. The highest BCUT2D eigenvalue weighted by Crippen LogP contribution is 2.36. The minimum absolute atomic E-state index is 0.502. The third-order valence-electron chi connectivity index (χ3n) is 5.89. The lowest BCUT2D eigenvalue weighted by Gasteiger charge is -2.24. The number of amides is 1. The van der Waals surface area contributed by atoms with E-state index in [-0.39, 0.29) is 0 Å². The molecule has 1 atom stereocenters. The standard InChI is InChI=1S/C24H28N6O2/c1-3-32-20-8-6-19(7-9-20)29(16-31)24-17(2)23(27-13-10-18-5-4-12-26-18)21(15-25)22-11-14-28-30(22)24/h6-9,11,14,16,18,26-27H,3-5,10,12-13H2,1-2H3. The van der Waals surface area contributed by atoms with E-state index in [1.54, 1.807) is 21.7 Å². The van der Waals surface area contributed by atoms with E-state index in [1.165, 1.54) is 12.8 Å². The maximum Gasteiger partial charge on any atom is 0.219 e. The number of pyridine rings is 1. The molecule has 8 heteroatoms. The van der Waals surface area contributed by atoms with E-state index in [2.05, 4.69) is 21.8 Å². The Morgan fingerprint density at radius 1 is 1.38 bits per heavy atom. The number of carbonyl (C=O) groups is 1. The molecule has 0 aliphatic carbocycles. The first-order valence-corrected chi connectivity index (χ1v) is 11.0. The summed E-state index contributed by atoms with van der Waals surface area (Å²) in [5.74, 6) is 1.34. The summed E-state index contributed by atoms with van der Waals surface area (Å²) in [6.45, 7) is 6.22. The molecule has 1 amide bonds. The van der Waals surface area contributed by atoms with Crippen LogP contribution in [0.4, 0.5) is 17.2 Å². The smallest absolute Gasteiger partial charge is 0.219 e. The van der Waals surface area contributed by atoms with Crippen LogP contribution >= 0.6 is 0 Å². The number of nitrogens with zero attached hydrogens (tertiary/aromatic N) is 4.